The Hall–Kier alpha value is -2.84. The Morgan fingerprint density at radius 2 is 2.03 bits per heavy atom. The van der Waals surface area contributed by atoms with Gasteiger partial charge in [0.2, 0.25) is 5.91 Å². The second-order valence-electron chi connectivity index (χ2n) is 6.69. The van der Waals surface area contributed by atoms with Crippen LogP contribution in [0.1, 0.15) is 20.3 Å². The van der Waals surface area contributed by atoms with Crippen molar-refractivity contribution in [2.24, 2.45) is 0 Å². The molecular weight excluding hydrogens is 386 g/mol. The molecule has 0 saturated carbocycles. The average Bonchev–Trinajstić information content (AvgIpc) is 3.17. The zero-order chi connectivity index (χ0) is 21.0. The molecule has 3 rings (SSSR count). The Balaban J connectivity index is 1.91. The first-order valence-corrected chi connectivity index (χ1v) is 10.5. The number of amides is 1. The van der Waals surface area contributed by atoms with E-state index < -0.39 is 0 Å². The van der Waals surface area contributed by atoms with Crippen LogP contribution in [0.3, 0.4) is 0 Å². The molecular formula is C21H27N5O2S. The van der Waals surface area contributed by atoms with Gasteiger partial charge in [0.25, 0.3) is 0 Å². The maximum absolute atomic E-state index is 12.5. The van der Waals surface area contributed by atoms with Gasteiger partial charge in [-0.2, -0.15) is 0 Å². The molecule has 0 aliphatic heterocycles. The summed E-state index contributed by atoms with van der Waals surface area (Å²) in [5.41, 5.74) is 15.2. The molecule has 0 spiro atoms. The lowest BCUT2D eigenvalue weighted by Crippen LogP contribution is -2.27. The van der Waals surface area contributed by atoms with Gasteiger partial charge in [-0.25, -0.2) is 4.98 Å². The van der Waals surface area contributed by atoms with Crippen molar-refractivity contribution < 1.29 is 9.53 Å². The molecule has 0 saturated heterocycles. The number of pyridine rings is 1. The van der Waals surface area contributed by atoms with E-state index >= 15 is 0 Å². The first kappa shape index (κ1) is 20.9. The van der Waals surface area contributed by atoms with Gasteiger partial charge in [0.05, 0.1) is 29.4 Å². The quantitative estimate of drug-likeness (QED) is 0.485. The van der Waals surface area contributed by atoms with Crippen molar-refractivity contribution in [3.63, 3.8) is 0 Å². The van der Waals surface area contributed by atoms with Crippen LogP contribution in [0.15, 0.2) is 29.8 Å². The minimum Gasteiger partial charge on any atom is -0.495 e. The number of nitrogen functional groups attached to an aromatic ring is 2. The van der Waals surface area contributed by atoms with Crippen molar-refractivity contribution in [3.05, 3.63) is 29.8 Å². The largest absolute Gasteiger partial charge is 0.495 e. The highest BCUT2D eigenvalue weighted by Crippen LogP contribution is 2.41. The predicted octanol–water partition coefficient (Wildman–Crippen LogP) is 3.81. The molecule has 0 atom stereocenters. The van der Waals surface area contributed by atoms with Crippen LogP contribution in [0.4, 0.5) is 17.2 Å². The van der Waals surface area contributed by atoms with Gasteiger partial charge in [-0.3, -0.25) is 4.79 Å². The van der Waals surface area contributed by atoms with Crippen molar-refractivity contribution in [2.45, 2.75) is 20.3 Å². The fourth-order valence-electron chi connectivity index (χ4n) is 3.26. The van der Waals surface area contributed by atoms with Gasteiger partial charge in [-0.05, 0) is 30.8 Å². The minimum atomic E-state index is -0.0334. The summed E-state index contributed by atoms with van der Waals surface area (Å²) in [7, 11) is 1.59. The molecule has 0 aliphatic carbocycles. The highest BCUT2D eigenvalue weighted by Gasteiger charge is 2.16. The van der Waals surface area contributed by atoms with Gasteiger partial charge >= 0.3 is 0 Å². The van der Waals surface area contributed by atoms with Crippen LogP contribution >= 0.6 is 11.3 Å². The summed E-state index contributed by atoms with van der Waals surface area (Å²) in [4.78, 5) is 19.0. The van der Waals surface area contributed by atoms with Crippen molar-refractivity contribution >= 4 is 44.5 Å². The standard InChI is InChI=1S/C21H27N5O2S/c1-4-26(5-2)9-8-18(27)25-16-11-24-21(23)19-14(12-29-20(16)19)13-6-7-15(22)17(10-13)28-3/h6-7,10-12H,4-5,8-9,22H2,1-3H3,(H2,23,24)(H,25,27). The molecule has 1 amide bonds. The number of ether oxygens (including phenoxy) is 1. The van der Waals surface area contributed by atoms with Crippen molar-refractivity contribution in [3.8, 4) is 16.9 Å². The molecule has 0 unspecified atom stereocenters. The molecule has 0 bridgehead atoms. The molecule has 0 aliphatic rings. The third kappa shape index (κ3) is 4.44. The minimum absolute atomic E-state index is 0.0334. The van der Waals surface area contributed by atoms with Crippen LogP contribution in [0, 0.1) is 0 Å². The number of benzene rings is 1. The number of carbonyl (C=O) groups excluding carboxylic acids is 1. The van der Waals surface area contributed by atoms with Gasteiger partial charge in [-0.15, -0.1) is 11.3 Å². The molecule has 2 aromatic heterocycles. The third-order valence-electron chi connectivity index (χ3n) is 4.99. The number of anilines is 3. The van der Waals surface area contributed by atoms with E-state index in [2.05, 4.69) is 29.0 Å². The Morgan fingerprint density at radius 1 is 1.28 bits per heavy atom. The number of rotatable bonds is 8. The molecule has 154 valence electrons. The number of hydrogen-bond acceptors (Lipinski definition) is 7. The maximum Gasteiger partial charge on any atom is 0.225 e. The number of fused-ring (bicyclic) bond motifs is 1. The Labute approximate surface area is 174 Å². The van der Waals surface area contributed by atoms with Crippen LogP contribution in [0.2, 0.25) is 0 Å². The summed E-state index contributed by atoms with van der Waals surface area (Å²) in [6, 6.07) is 5.61. The number of carbonyl (C=O) groups is 1. The number of thiophene rings is 1. The SMILES string of the molecule is CCN(CC)CCC(=O)Nc1cnc(N)c2c(-c3ccc(N)c(OC)c3)csc12. The van der Waals surface area contributed by atoms with Gasteiger partial charge < -0.3 is 26.4 Å². The topological polar surface area (TPSA) is 106 Å². The zero-order valence-corrected chi connectivity index (χ0v) is 17.8. The summed E-state index contributed by atoms with van der Waals surface area (Å²) >= 11 is 1.53. The number of hydrogen-bond donors (Lipinski definition) is 3. The van der Waals surface area contributed by atoms with E-state index in [-0.39, 0.29) is 5.91 Å². The highest BCUT2D eigenvalue weighted by molar-refractivity contribution is 7.18. The predicted molar refractivity (Wildman–Crippen MR) is 121 cm³/mol. The number of nitrogens with one attached hydrogen (secondary N) is 1. The summed E-state index contributed by atoms with van der Waals surface area (Å²) in [6.45, 7) is 6.77. The monoisotopic (exact) mass is 413 g/mol. The lowest BCUT2D eigenvalue weighted by Gasteiger charge is -2.17. The first-order chi connectivity index (χ1) is 14.0. The number of nitrogens with zero attached hydrogens (tertiary/aromatic N) is 2. The van der Waals surface area contributed by atoms with E-state index in [1.54, 1.807) is 19.4 Å². The first-order valence-electron chi connectivity index (χ1n) is 9.60. The molecule has 29 heavy (non-hydrogen) atoms. The summed E-state index contributed by atoms with van der Waals surface area (Å²) in [5.74, 6) is 0.997. The van der Waals surface area contributed by atoms with Gasteiger partial charge in [0.15, 0.2) is 0 Å². The zero-order valence-electron chi connectivity index (χ0n) is 17.0. The van der Waals surface area contributed by atoms with E-state index in [4.69, 9.17) is 16.2 Å². The van der Waals surface area contributed by atoms with Gasteiger partial charge in [0.1, 0.15) is 11.6 Å². The second-order valence-corrected chi connectivity index (χ2v) is 7.57. The van der Waals surface area contributed by atoms with Crippen molar-refractivity contribution in [1.29, 1.82) is 0 Å². The number of methoxy groups -OCH3 is 1. The summed E-state index contributed by atoms with van der Waals surface area (Å²) in [5, 5.41) is 5.83. The van der Waals surface area contributed by atoms with E-state index in [0.717, 1.165) is 40.8 Å². The van der Waals surface area contributed by atoms with E-state index in [1.807, 2.05) is 17.5 Å². The molecule has 0 radical (unpaired) electrons. The molecule has 0 fully saturated rings. The maximum atomic E-state index is 12.5. The molecule has 7 nitrogen and oxygen atoms in total. The Bertz CT molecular complexity index is 1010. The normalized spacial score (nSPS) is 11.2. The summed E-state index contributed by atoms with van der Waals surface area (Å²) < 4.78 is 6.24. The number of aromatic nitrogens is 1. The van der Waals surface area contributed by atoms with Crippen molar-refractivity contribution in [1.82, 2.24) is 9.88 Å². The highest BCUT2D eigenvalue weighted by atomic mass is 32.1. The fraction of sp³-hybridized carbons (Fsp3) is 0.333. The molecule has 8 heteroatoms. The van der Waals surface area contributed by atoms with Crippen LogP contribution in [0.5, 0.6) is 5.75 Å². The van der Waals surface area contributed by atoms with Crippen molar-refractivity contribution in [2.75, 3.05) is 43.5 Å². The number of nitrogens with two attached hydrogens (primary N) is 2. The van der Waals surface area contributed by atoms with Crippen LogP contribution in [-0.2, 0) is 4.79 Å². The van der Waals surface area contributed by atoms with Crippen LogP contribution in [0.25, 0.3) is 21.2 Å². The Morgan fingerprint density at radius 3 is 2.72 bits per heavy atom. The average molecular weight is 414 g/mol. The van der Waals surface area contributed by atoms with Gasteiger partial charge in [-0.1, -0.05) is 19.9 Å². The second kappa shape index (κ2) is 9.11. The van der Waals surface area contributed by atoms with Crippen LogP contribution in [-0.4, -0.2) is 42.5 Å². The lowest BCUT2D eigenvalue weighted by molar-refractivity contribution is -0.116. The van der Waals surface area contributed by atoms with E-state index in [9.17, 15) is 4.79 Å². The Kier molecular flexibility index (Phi) is 6.56. The lowest BCUT2D eigenvalue weighted by atomic mass is 10.0. The molecule has 5 N–H and O–H groups in total. The third-order valence-corrected chi connectivity index (χ3v) is 6.01. The van der Waals surface area contributed by atoms with Gasteiger partial charge in [0, 0.05) is 29.3 Å². The molecule has 3 aromatic rings. The molecule has 2 heterocycles. The van der Waals surface area contributed by atoms with Crippen LogP contribution < -0.4 is 21.5 Å². The van der Waals surface area contributed by atoms with E-state index in [0.29, 0.717) is 29.4 Å². The summed E-state index contributed by atoms with van der Waals surface area (Å²) in [6.07, 6.45) is 2.05. The molecule has 1 aromatic carbocycles. The van der Waals surface area contributed by atoms with E-state index in [1.165, 1.54) is 11.3 Å². The smallest absolute Gasteiger partial charge is 0.225 e. The fourth-order valence-corrected chi connectivity index (χ4v) is 4.31.